The number of allylic oxidation sites excluding steroid dienone is 1. The molecule has 7 heteroatoms. The van der Waals surface area contributed by atoms with Crippen LogP contribution in [0.2, 0.25) is 0 Å². The zero-order valence-corrected chi connectivity index (χ0v) is 10.8. The van der Waals surface area contributed by atoms with E-state index in [0.717, 1.165) is 10.9 Å². The van der Waals surface area contributed by atoms with Crippen LogP contribution in [0, 0.1) is 0 Å². The van der Waals surface area contributed by atoms with E-state index in [4.69, 9.17) is 5.73 Å². The molecule has 3 rings (SSSR count). The van der Waals surface area contributed by atoms with Crippen molar-refractivity contribution in [2.45, 2.75) is 6.92 Å². The monoisotopic (exact) mass is 271 g/mol. The molecule has 0 saturated heterocycles. The molecular weight excluding hydrogens is 258 g/mol. The van der Waals surface area contributed by atoms with E-state index >= 15 is 0 Å². The summed E-state index contributed by atoms with van der Waals surface area (Å²) in [5.41, 5.74) is 7.81. The van der Waals surface area contributed by atoms with Gasteiger partial charge >= 0.3 is 6.03 Å². The normalized spacial score (nSPS) is 15.7. The number of aromatic nitrogens is 2. The fraction of sp³-hybridized carbons (Fsp3) is 0.154. The number of amides is 3. The topological polar surface area (TPSA) is 104 Å². The van der Waals surface area contributed by atoms with Gasteiger partial charge in [-0.05, 0) is 25.1 Å². The van der Waals surface area contributed by atoms with Crippen LogP contribution in [-0.4, -0.2) is 28.7 Å². The number of benzene rings is 1. The first kappa shape index (κ1) is 12.2. The third kappa shape index (κ3) is 1.80. The highest BCUT2D eigenvalue weighted by molar-refractivity contribution is 6.04. The second-order valence-corrected chi connectivity index (χ2v) is 4.56. The molecule has 0 atom stereocenters. The van der Waals surface area contributed by atoms with Gasteiger partial charge < -0.3 is 11.1 Å². The maximum absolute atomic E-state index is 12.1. The Kier molecular flexibility index (Phi) is 2.67. The molecular formula is C13H13N5O2. The number of H-pyrrole nitrogens is 1. The number of rotatable bonds is 2. The van der Waals surface area contributed by atoms with Gasteiger partial charge in [0.15, 0.2) is 0 Å². The molecule has 20 heavy (non-hydrogen) atoms. The number of urea groups is 1. The highest BCUT2D eigenvalue weighted by Gasteiger charge is 2.27. The van der Waals surface area contributed by atoms with E-state index in [0.29, 0.717) is 17.0 Å². The van der Waals surface area contributed by atoms with Gasteiger partial charge in [-0.1, -0.05) is 0 Å². The molecule has 7 nitrogen and oxygen atoms in total. The van der Waals surface area contributed by atoms with Gasteiger partial charge in [-0.15, -0.1) is 0 Å². The number of hydrogen-bond acceptors (Lipinski definition) is 3. The van der Waals surface area contributed by atoms with Crippen molar-refractivity contribution < 1.29 is 9.59 Å². The Morgan fingerprint density at radius 3 is 3.00 bits per heavy atom. The van der Waals surface area contributed by atoms with Gasteiger partial charge in [-0.2, -0.15) is 5.10 Å². The molecule has 4 N–H and O–H groups in total. The van der Waals surface area contributed by atoms with Crippen LogP contribution in [0.3, 0.4) is 0 Å². The molecule has 0 fully saturated rings. The first-order chi connectivity index (χ1) is 9.58. The van der Waals surface area contributed by atoms with Crippen molar-refractivity contribution in [3.05, 3.63) is 35.7 Å². The zero-order chi connectivity index (χ0) is 14.3. The van der Waals surface area contributed by atoms with Crippen LogP contribution in [0.15, 0.2) is 35.7 Å². The predicted octanol–water partition coefficient (Wildman–Crippen LogP) is 0.852. The molecule has 0 unspecified atom stereocenters. The van der Waals surface area contributed by atoms with Crippen LogP contribution in [0.1, 0.15) is 6.92 Å². The molecule has 2 aromatic rings. The Labute approximate surface area is 114 Å². The van der Waals surface area contributed by atoms with Crippen LogP contribution >= 0.6 is 0 Å². The summed E-state index contributed by atoms with van der Waals surface area (Å²) in [7, 11) is 0. The number of aromatic amines is 1. The highest BCUT2D eigenvalue weighted by Crippen LogP contribution is 2.26. The van der Waals surface area contributed by atoms with Gasteiger partial charge in [-0.25, -0.2) is 4.79 Å². The number of nitrogens with one attached hydrogen (secondary N) is 2. The first-order valence-corrected chi connectivity index (χ1v) is 6.08. The maximum atomic E-state index is 12.1. The van der Waals surface area contributed by atoms with E-state index in [1.165, 1.54) is 4.90 Å². The second-order valence-electron chi connectivity index (χ2n) is 4.56. The number of primary amides is 1. The maximum Gasteiger partial charge on any atom is 0.326 e. The smallest absolute Gasteiger partial charge is 0.326 e. The molecule has 1 aromatic carbocycles. The van der Waals surface area contributed by atoms with Gasteiger partial charge in [0.1, 0.15) is 0 Å². The summed E-state index contributed by atoms with van der Waals surface area (Å²) in [5.74, 6) is -0.531. The Morgan fingerprint density at radius 2 is 2.25 bits per heavy atom. The highest BCUT2D eigenvalue weighted by atomic mass is 16.2. The van der Waals surface area contributed by atoms with Gasteiger partial charge in [-0.3, -0.25) is 14.8 Å². The molecule has 3 amide bonds. The Balaban J connectivity index is 2.12. The van der Waals surface area contributed by atoms with Crippen molar-refractivity contribution in [2.75, 3.05) is 11.4 Å². The molecule has 1 aromatic heterocycles. The fourth-order valence-electron chi connectivity index (χ4n) is 2.30. The number of carbonyl (C=O) groups excluding carboxylic acids is 2. The number of hydrogen-bond donors (Lipinski definition) is 3. The summed E-state index contributed by atoms with van der Waals surface area (Å²) < 4.78 is 0. The predicted molar refractivity (Wildman–Crippen MR) is 73.9 cm³/mol. The number of nitrogens with two attached hydrogens (primary N) is 1. The van der Waals surface area contributed by atoms with E-state index in [1.54, 1.807) is 19.2 Å². The van der Waals surface area contributed by atoms with E-state index in [9.17, 15) is 9.59 Å². The van der Waals surface area contributed by atoms with Gasteiger partial charge in [0, 0.05) is 11.1 Å². The lowest BCUT2D eigenvalue weighted by Gasteiger charge is -2.30. The third-order valence-corrected chi connectivity index (χ3v) is 3.37. The average molecular weight is 271 g/mol. The minimum Gasteiger partial charge on any atom is -0.366 e. The molecule has 0 spiro atoms. The van der Waals surface area contributed by atoms with E-state index in [1.807, 2.05) is 12.1 Å². The van der Waals surface area contributed by atoms with Gasteiger partial charge in [0.25, 0.3) is 0 Å². The molecule has 102 valence electrons. The SMILES string of the molecule is CC1=C(C(N)=O)CNC(=O)N1c1ccc2[nH]ncc2c1. The van der Waals surface area contributed by atoms with Gasteiger partial charge in [0.05, 0.1) is 29.5 Å². The van der Waals surface area contributed by atoms with Crippen LogP contribution < -0.4 is 16.0 Å². The number of anilines is 1. The second kappa shape index (κ2) is 4.37. The van der Waals surface area contributed by atoms with Crippen molar-refractivity contribution in [2.24, 2.45) is 5.73 Å². The van der Waals surface area contributed by atoms with Gasteiger partial charge in [0.2, 0.25) is 5.91 Å². The van der Waals surface area contributed by atoms with Crippen LogP contribution in [0.5, 0.6) is 0 Å². The molecule has 2 heterocycles. The molecule has 0 saturated carbocycles. The van der Waals surface area contributed by atoms with Crippen molar-refractivity contribution in [3.8, 4) is 0 Å². The summed E-state index contributed by atoms with van der Waals surface area (Å²) in [6.45, 7) is 1.86. The summed E-state index contributed by atoms with van der Waals surface area (Å²) >= 11 is 0. The minimum absolute atomic E-state index is 0.157. The molecule has 1 aliphatic rings. The van der Waals surface area contributed by atoms with E-state index in [2.05, 4.69) is 15.5 Å². The van der Waals surface area contributed by atoms with Crippen molar-refractivity contribution >= 4 is 28.5 Å². The Morgan fingerprint density at radius 1 is 1.45 bits per heavy atom. The Bertz CT molecular complexity index is 746. The lowest BCUT2D eigenvalue weighted by Crippen LogP contribution is -2.47. The number of fused-ring (bicyclic) bond motifs is 1. The Hall–Kier alpha value is -2.83. The van der Waals surface area contributed by atoms with E-state index < -0.39 is 5.91 Å². The molecule has 1 aliphatic heterocycles. The minimum atomic E-state index is -0.531. The first-order valence-electron chi connectivity index (χ1n) is 6.08. The number of nitrogens with zero attached hydrogens (tertiary/aromatic N) is 2. The summed E-state index contributed by atoms with van der Waals surface area (Å²) in [4.78, 5) is 24.9. The summed E-state index contributed by atoms with van der Waals surface area (Å²) in [6.07, 6.45) is 1.68. The quantitative estimate of drug-likeness (QED) is 0.754. The van der Waals surface area contributed by atoms with Crippen LogP contribution in [0.4, 0.5) is 10.5 Å². The van der Waals surface area contributed by atoms with Crippen molar-refractivity contribution in [3.63, 3.8) is 0 Å². The number of carbonyl (C=O) groups is 2. The molecule has 0 radical (unpaired) electrons. The van der Waals surface area contributed by atoms with Crippen LogP contribution in [-0.2, 0) is 4.79 Å². The lowest BCUT2D eigenvalue weighted by atomic mass is 10.1. The standard InChI is InChI=1S/C13H13N5O2/c1-7-10(12(14)19)6-15-13(20)18(7)9-2-3-11-8(4-9)5-16-17-11/h2-5H,6H2,1H3,(H2,14,19)(H,15,20)(H,16,17). The van der Waals surface area contributed by atoms with E-state index in [-0.39, 0.29) is 12.6 Å². The third-order valence-electron chi connectivity index (χ3n) is 3.37. The zero-order valence-electron chi connectivity index (χ0n) is 10.8. The summed E-state index contributed by atoms with van der Waals surface area (Å²) in [5, 5.41) is 10.3. The molecule has 0 bridgehead atoms. The van der Waals surface area contributed by atoms with Crippen LogP contribution in [0.25, 0.3) is 10.9 Å². The summed E-state index contributed by atoms with van der Waals surface area (Å²) in [6, 6.07) is 5.16. The molecule has 0 aliphatic carbocycles. The average Bonchev–Trinajstić information content (AvgIpc) is 2.85. The lowest BCUT2D eigenvalue weighted by molar-refractivity contribution is -0.114. The largest absolute Gasteiger partial charge is 0.366 e. The van der Waals surface area contributed by atoms with Crippen molar-refractivity contribution in [1.82, 2.24) is 15.5 Å². The fourth-order valence-corrected chi connectivity index (χ4v) is 2.30. The van der Waals surface area contributed by atoms with Crippen molar-refractivity contribution in [1.29, 1.82) is 0 Å².